The smallest absolute Gasteiger partial charge is 0.152 e. The Hall–Kier alpha value is -1.94. The molecule has 0 aliphatic rings. The Morgan fingerprint density at radius 3 is 2.90 bits per heavy atom. The maximum atomic E-state index is 11.2. The summed E-state index contributed by atoms with van der Waals surface area (Å²) < 4.78 is 2.10. The van der Waals surface area contributed by atoms with Crippen LogP contribution in [0.5, 0.6) is 0 Å². The van der Waals surface area contributed by atoms with Gasteiger partial charge in [0.05, 0.1) is 22.8 Å². The van der Waals surface area contributed by atoms with Crippen LogP contribution in [-0.2, 0) is 6.54 Å². The van der Waals surface area contributed by atoms with Gasteiger partial charge in [0.1, 0.15) is 0 Å². The number of benzene rings is 1. The van der Waals surface area contributed by atoms with Crippen molar-refractivity contribution in [3.05, 3.63) is 52.1 Å². The number of hydrogen-bond donors (Lipinski definition) is 0. The molecule has 0 saturated carbocycles. The molecule has 3 aromatic rings. The molecule has 0 spiro atoms. The van der Waals surface area contributed by atoms with Crippen molar-refractivity contribution in [3.63, 3.8) is 0 Å². The van der Waals surface area contributed by atoms with Gasteiger partial charge in [-0.15, -0.1) is 11.3 Å². The third-order valence-electron chi connectivity index (χ3n) is 3.34. The van der Waals surface area contributed by atoms with E-state index in [1.165, 1.54) is 0 Å². The molecule has 3 nitrogen and oxygen atoms in total. The molecule has 0 aliphatic carbocycles. The maximum Gasteiger partial charge on any atom is 0.152 e. The molecule has 0 N–H and O–H groups in total. The summed E-state index contributed by atoms with van der Waals surface area (Å²) in [5.41, 5.74) is 2.77. The highest BCUT2D eigenvalue weighted by Crippen LogP contribution is 2.23. The van der Waals surface area contributed by atoms with Crippen LogP contribution in [0, 0.1) is 0 Å². The van der Waals surface area contributed by atoms with Crippen molar-refractivity contribution in [2.75, 3.05) is 0 Å². The van der Waals surface area contributed by atoms with Crippen molar-refractivity contribution in [1.29, 1.82) is 0 Å². The van der Waals surface area contributed by atoms with E-state index in [0.717, 1.165) is 33.5 Å². The molecule has 20 heavy (non-hydrogen) atoms. The van der Waals surface area contributed by atoms with Crippen molar-refractivity contribution in [3.8, 4) is 0 Å². The zero-order valence-corrected chi connectivity index (χ0v) is 12.4. The minimum absolute atomic E-state index is 0.459. The summed E-state index contributed by atoms with van der Waals surface area (Å²) in [5.74, 6) is 0.459. The second-order valence-electron chi connectivity index (χ2n) is 5.18. The van der Waals surface area contributed by atoms with Gasteiger partial charge in [-0.25, -0.2) is 4.98 Å². The number of carbonyl (C=O) groups excluding carboxylic acids is 1. The number of carbonyl (C=O) groups is 1. The fourth-order valence-corrected chi connectivity index (χ4v) is 3.18. The highest BCUT2D eigenvalue weighted by atomic mass is 32.1. The van der Waals surface area contributed by atoms with Gasteiger partial charge in [0.25, 0.3) is 0 Å². The fourth-order valence-electron chi connectivity index (χ4n) is 2.35. The Labute approximate surface area is 121 Å². The summed E-state index contributed by atoms with van der Waals surface area (Å²) in [6.45, 7) is 5.01. The Kier molecular flexibility index (Phi) is 3.40. The molecular formula is C16H16N2OS. The van der Waals surface area contributed by atoms with Gasteiger partial charge < -0.3 is 4.57 Å². The highest BCUT2D eigenvalue weighted by molar-refractivity contribution is 7.09. The molecular weight excluding hydrogens is 268 g/mol. The summed E-state index contributed by atoms with van der Waals surface area (Å²) in [6.07, 6.45) is 2.94. The zero-order valence-electron chi connectivity index (χ0n) is 11.5. The largest absolute Gasteiger partial charge is 0.341 e. The van der Waals surface area contributed by atoms with Crippen LogP contribution in [-0.4, -0.2) is 15.8 Å². The lowest BCUT2D eigenvalue weighted by molar-refractivity contribution is 0.112. The van der Waals surface area contributed by atoms with E-state index in [9.17, 15) is 4.79 Å². The van der Waals surface area contributed by atoms with E-state index >= 15 is 0 Å². The molecule has 0 aliphatic heterocycles. The normalized spacial score (nSPS) is 11.3. The van der Waals surface area contributed by atoms with Gasteiger partial charge in [0.2, 0.25) is 0 Å². The van der Waals surface area contributed by atoms with Gasteiger partial charge in [0, 0.05) is 28.4 Å². The van der Waals surface area contributed by atoms with Gasteiger partial charge in [-0.1, -0.05) is 26.0 Å². The third kappa shape index (κ3) is 2.27. The molecule has 2 heterocycles. The number of aldehydes is 1. The highest BCUT2D eigenvalue weighted by Gasteiger charge is 2.09. The Morgan fingerprint density at radius 1 is 1.35 bits per heavy atom. The number of hydrogen-bond acceptors (Lipinski definition) is 3. The van der Waals surface area contributed by atoms with Crippen molar-refractivity contribution < 1.29 is 4.79 Å². The van der Waals surface area contributed by atoms with E-state index in [-0.39, 0.29) is 0 Å². The lowest BCUT2D eigenvalue weighted by Crippen LogP contribution is -2.00. The van der Waals surface area contributed by atoms with Gasteiger partial charge in [-0.2, -0.15) is 0 Å². The number of nitrogens with zero attached hydrogens (tertiary/aromatic N) is 2. The quantitative estimate of drug-likeness (QED) is 0.677. The van der Waals surface area contributed by atoms with Crippen LogP contribution >= 0.6 is 11.3 Å². The van der Waals surface area contributed by atoms with Crippen LogP contribution in [0.15, 0.2) is 35.8 Å². The molecule has 0 atom stereocenters. The first-order valence-electron chi connectivity index (χ1n) is 6.66. The van der Waals surface area contributed by atoms with E-state index in [1.54, 1.807) is 11.3 Å². The number of thiazole rings is 1. The predicted molar refractivity (Wildman–Crippen MR) is 82.6 cm³/mol. The number of para-hydroxylation sites is 1. The summed E-state index contributed by atoms with van der Waals surface area (Å²) >= 11 is 1.70. The Morgan fingerprint density at radius 2 is 2.20 bits per heavy atom. The van der Waals surface area contributed by atoms with Crippen LogP contribution in [0.3, 0.4) is 0 Å². The van der Waals surface area contributed by atoms with E-state index in [0.29, 0.717) is 12.5 Å². The number of aromatic nitrogens is 2. The topological polar surface area (TPSA) is 34.9 Å². The second kappa shape index (κ2) is 5.21. The summed E-state index contributed by atoms with van der Waals surface area (Å²) in [5, 5.41) is 4.35. The average molecular weight is 284 g/mol. The van der Waals surface area contributed by atoms with Crippen molar-refractivity contribution in [2.24, 2.45) is 0 Å². The van der Waals surface area contributed by atoms with Gasteiger partial charge in [0.15, 0.2) is 6.29 Å². The van der Waals surface area contributed by atoms with E-state index in [4.69, 9.17) is 0 Å². The molecule has 0 unspecified atom stereocenters. The molecule has 3 rings (SSSR count). The zero-order chi connectivity index (χ0) is 14.1. The Balaban J connectivity index is 2.00. The van der Waals surface area contributed by atoms with Gasteiger partial charge in [-0.05, 0) is 12.1 Å². The average Bonchev–Trinajstić information content (AvgIpc) is 3.06. The second-order valence-corrected chi connectivity index (χ2v) is 6.07. The minimum atomic E-state index is 0.459. The van der Waals surface area contributed by atoms with Crippen molar-refractivity contribution in [1.82, 2.24) is 9.55 Å². The van der Waals surface area contributed by atoms with Gasteiger partial charge >= 0.3 is 0 Å². The SMILES string of the molecule is CC(C)c1nc(Cn2ccc3cccc(C=O)c32)cs1. The molecule has 0 fully saturated rings. The van der Waals surface area contributed by atoms with Crippen LogP contribution in [0.25, 0.3) is 10.9 Å². The van der Waals surface area contributed by atoms with Crippen molar-refractivity contribution in [2.45, 2.75) is 26.3 Å². The standard InChI is InChI=1S/C16H16N2OS/c1-11(2)16-17-14(10-20-16)8-18-7-6-12-4-3-5-13(9-19)15(12)18/h3-7,9-11H,8H2,1-2H3. The van der Waals surface area contributed by atoms with E-state index in [1.807, 2.05) is 30.5 Å². The molecule has 0 bridgehead atoms. The Bertz CT molecular complexity index is 755. The molecule has 1 aromatic carbocycles. The summed E-state index contributed by atoms with van der Waals surface area (Å²) in [4.78, 5) is 15.8. The molecule has 0 amide bonds. The summed E-state index contributed by atoms with van der Waals surface area (Å²) in [7, 11) is 0. The first kappa shape index (κ1) is 13.1. The van der Waals surface area contributed by atoms with Crippen LogP contribution in [0.1, 0.15) is 40.8 Å². The molecule has 2 aromatic heterocycles. The molecule has 102 valence electrons. The van der Waals surface area contributed by atoms with Crippen LogP contribution in [0.2, 0.25) is 0 Å². The van der Waals surface area contributed by atoms with Crippen molar-refractivity contribution >= 4 is 28.5 Å². The first-order valence-corrected chi connectivity index (χ1v) is 7.54. The summed E-state index contributed by atoms with van der Waals surface area (Å²) in [6, 6.07) is 7.83. The minimum Gasteiger partial charge on any atom is -0.341 e. The van der Waals surface area contributed by atoms with Crippen LogP contribution < -0.4 is 0 Å². The lowest BCUT2D eigenvalue weighted by atomic mass is 10.1. The molecule has 0 saturated heterocycles. The van der Waals surface area contributed by atoms with Crippen LogP contribution in [0.4, 0.5) is 0 Å². The first-order chi connectivity index (χ1) is 9.69. The predicted octanol–water partition coefficient (Wildman–Crippen LogP) is 4.08. The number of fused-ring (bicyclic) bond motifs is 1. The monoisotopic (exact) mass is 284 g/mol. The lowest BCUT2D eigenvalue weighted by Gasteiger charge is -2.05. The molecule has 0 radical (unpaired) electrons. The third-order valence-corrected chi connectivity index (χ3v) is 4.54. The molecule has 4 heteroatoms. The van der Waals surface area contributed by atoms with E-state index < -0.39 is 0 Å². The van der Waals surface area contributed by atoms with Gasteiger partial charge in [-0.3, -0.25) is 4.79 Å². The maximum absolute atomic E-state index is 11.2. The fraction of sp³-hybridized carbons (Fsp3) is 0.250. The van der Waals surface area contributed by atoms with E-state index in [2.05, 4.69) is 28.8 Å². The number of rotatable bonds is 4.